The molecular formula is C27H27Cl2N5O2. The first-order valence-corrected chi connectivity index (χ1v) is 12.8. The molecule has 1 atom stereocenters. The van der Waals surface area contributed by atoms with E-state index in [9.17, 15) is 0 Å². The molecule has 0 aliphatic carbocycles. The molecule has 0 bridgehead atoms. The lowest BCUT2D eigenvalue weighted by atomic mass is 9.94. The summed E-state index contributed by atoms with van der Waals surface area (Å²) in [7, 11) is 0. The molecule has 1 saturated heterocycles. The van der Waals surface area contributed by atoms with Crippen LogP contribution in [-0.4, -0.2) is 38.6 Å². The highest BCUT2D eigenvalue weighted by Gasteiger charge is 2.17. The number of benzene rings is 1. The molecule has 36 heavy (non-hydrogen) atoms. The second-order valence-electron chi connectivity index (χ2n) is 8.97. The Morgan fingerprint density at radius 1 is 1.08 bits per heavy atom. The molecule has 3 aromatic heterocycles. The molecule has 4 heterocycles. The summed E-state index contributed by atoms with van der Waals surface area (Å²) in [6, 6.07) is 9.82. The molecule has 0 saturated carbocycles. The Balaban J connectivity index is 1.26. The van der Waals surface area contributed by atoms with E-state index in [1.807, 2.05) is 43.3 Å². The van der Waals surface area contributed by atoms with Crippen LogP contribution in [-0.2, 0) is 11.2 Å². The van der Waals surface area contributed by atoms with Gasteiger partial charge in [-0.05, 0) is 81.0 Å². The molecule has 1 N–H and O–H groups in total. The quantitative estimate of drug-likeness (QED) is 0.275. The standard InChI is InChI=1S/C27H27Cl2N5O2/c1-17(27-23(28)15-30-16-24(27)29)36-21-7-9-26-22(14-21)25(33-34-26)8-6-20-5-4-19(31-32-20)3-2-18-10-12-35-13-11-18/h4-9,14-18H,2-3,10-13H2,1H3,(H,33,34)/b8-6+/t17-/m1/s1. The van der Waals surface area contributed by atoms with Gasteiger partial charge in [-0.2, -0.15) is 15.3 Å². The molecule has 0 spiro atoms. The third-order valence-corrected chi connectivity index (χ3v) is 7.08. The fourth-order valence-electron chi connectivity index (χ4n) is 4.43. The SMILES string of the molecule is C[C@@H](Oc1ccc2[nH]nc(/C=C/c3ccc(CCC4CCOCC4)nn3)c2c1)c1c(Cl)cncc1Cl. The summed E-state index contributed by atoms with van der Waals surface area (Å²) in [6.45, 7) is 3.66. The summed E-state index contributed by atoms with van der Waals surface area (Å²) in [5, 5.41) is 18.2. The minimum atomic E-state index is -0.350. The molecule has 1 aliphatic heterocycles. The minimum Gasteiger partial charge on any atom is -0.486 e. The van der Waals surface area contributed by atoms with Gasteiger partial charge in [0.2, 0.25) is 0 Å². The Bertz CT molecular complexity index is 1330. The Hall–Kier alpha value is -3.00. The van der Waals surface area contributed by atoms with Crippen molar-refractivity contribution in [3.63, 3.8) is 0 Å². The number of halogens is 2. The molecule has 0 radical (unpaired) electrons. The Morgan fingerprint density at radius 2 is 1.89 bits per heavy atom. The van der Waals surface area contributed by atoms with E-state index >= 15 is 0 Å². The van der Waals surface area contributed by atoms with E-state index in [-0.39, 0.29) is 6.10 Å². The molecule has 1 aliphatic rings. The maximum atomic E-state index is 6.29. The predicted molar refractivity (Wildman–Crippen MR) is 142 cm³/mol. The number of aromatic amines is 1. The van der Waals surface area contributed by atoms with Crippen molar-refractivity contribution in [3.8, 4) is 5.75 Å². The number of hydrogen-bond acceptors (Lipinski definition) is 6. The van der Waals surface area contributed by atoms with E-state index in [0.29, 0.717) is 21.4 Å². The van der Waals surface area contributed by atoms with Gasteiger partial charge < -0.3 is 9.47 Å². The number of H-pyrrole nitrogens is 1. The summed E-state index contributed by atoms with van der Waals surface area (Å²) < 4.78 is 11.6. The fourth-order valence-corrected chi connectivity index (χ4v) is 5.10. The third-order valence-electron chi connectivity index (χ3n) is 6.48. The number of aromatic nitrogens is 5. The van der Waals surface area contributed by atoms with Crippen LogP contribution in [0.2, 0.25) is 10.0 Å². The van der Waals surface area contributed by atoms with Gasteiger partial charge in [0, 0.05) is 36.6 Å². The van der Waals surface area contributed by atoms with E-state index in [0.717, 1.165) is 72.8 Å². The third kappa shape index (κ3) is 5.86. The van der Waals surface area contributed by atoms with Gasteiger partial charge in [0.25, 0.3) is 0 Å². The zero-order chi connectivity index (χ0) is 24.9. The molecular weight excluding hydrogens is 497 g/mol. The Labute approximate surface area is 219 Å². The van der Waals surface area contributed by atoms with Crippen molar-refractivity contribution >= 4 is 46.3 Å². The molecule has 0 amide bonds. The van der Waals surface area contributed by atoms with E-state index in [2.05, 4.69) is 31.4 Å². The first kappa shape index (κ1) is 24.7. The van der Waals surface area contributed by atoms with Crippen LogP contribution in [0, 0.1) is 5.92 Å². The number of nitrogens with zero attached hydrogens (tertiary/aromatic N) is 4. The number of rotatable bonds is 8. The van der Waals surface area contributed by atoms with Crippen molar-refractivity contribution in [2.45, 2.75) is 38.7 Å². The first-order valence-electron chi connectivity index (χ1n) is 12.1. The number of fused-ring (bicyclic) bond motifs is 1. The summed E-state index contributed by atoms with van der Waals surface area (Å²) in [4.78, 5) is 4.00. The van der Waals surface area contributed by atoms with Crippen LogP contribution >= 0.6 is 23.2 Å². The highest BCUT2D eigenvalue weighted by molar-refractivity contribution is 6.35. The van der Waals surface area contributed by atoms with Crippen LogP contribution in [0.15, 0.2) is 42.7 Å². The van der Waals surface area contributed by atoms with E-state index in [1.54, 1.807) is 12.4 Å². The van der Waals surface area contributed by atoms with E-state index < -0.39 is 0 Å². The van der Waals surface area contributed by atoms with Gasteiger partial charge in [0.15, 0.2) is 0 Å². The van der Waals surface area contributed by atoms with Crippen LogP contribution in [0.5, 0.6) is 5.75 Å². The average molecular weight is 524 g/mol. The molecule has 4 aromatic rings. The molecule has 5 rings (SSSR count). The number of pyridine rings is 1. The Morgan fingerprint density at radius 3 is 2.64 bits per heavy atom. The van der Waals surface area contributed by atoms with Crippen molar-refractivity contribution in [2.24, 2.45) is 5.92 Å². The second-order valence-corrected chi connectivity index (χ2v) is 9.78. The van der Waals surface area contributed by atoms with Crippen LogP contribution in [0.3, 0.4) is 0 Å². The van der Waals surface area contributed by atoms with Gasteiger partial charge in [-0.3, -0.25) is 10.1 Å². The van der Waals surface area contributed by atoms with Crippen molar-refractivity contribution in [2.75, 3.05) is 13.2 Å². The maximum Gasteiger partial charge on any atom is 0.124 e. The van der Waals surface area contributed by atoms with Gasteiger partial charge in [-0.25, -0.2) is 0 Å². The molecule has 0 unspecified atom stereocenters. The van der Waals surface area contributed by atoms with Gasteiger partial charge in [-0.1, -0.05) is 23.2 Å². The van der Waals surface area contributed by atoms with Gasteiger partial charge >= 0.3 is 0 Å². The normalized spacial score (nSPS) is 15.5. The van der Waals surface area contributed by atoms with Crippen molar-refractivity contribution < 1.29 is 9.47 Å². The van der Waals surface area contributed by atoms with Crippen LogP contribution in [0.1, 0.15) is 54.9 Å². The van der Waals surface area contributed by atoms with Crippen LogP contribution in [0.25, 0.3) is 23.1 Å². The van der Waals surface area contributed by atoms with Crippen molar-refractivity contribution in [3.05, 3.63) is 75.4 Å². The number of ether oxygens (including phenoxy) is 2. The molecule has 1 aromatic carbocycles. The summed E-state index contributed by atoms with van der Waals surface area (Å²) in [5.41, 5.74) is 4.20. The van der Waals surface area contributed by atoms with Crippen LogP contribution in [0.4, 0.5) is 0 Å². The number of hydrogen-bond donors (Lipinski definition) is 1. The lowest BCUT2D eigenvalue weighted by Gasteiger charge is -2.21. The van der Waals surface area contributed by atoms with Crippen molar-refractivity contribution in [1.82, 2.24) is 25.4 Å². The minimum absolute atomic E-state index is 0.350. The maximum absolute atomic E-state index is 6.29. The highest BCUT2D eigenvalue weighted by atomic mass is 35.5. The van der Waals surface area contributed by atoms with Crippen LogP contribution < -0.4 is 4.74 Å². The number of aryl methyl sites for hydroxylation is 1. The number of nitrogens with one attached hydrogen (secondary N) is 1. The van der Waals surface area contributed by atoms with Gasteiger partial charge in [0.1, 0.15) is 11.9 Å². The largest absolute Gasteiger partial charge is 0.486 e. The van der Waals surface area contributed by atoms with E-state index in [1.165, 1.54) is 0 Å². The molecule has 1 fully saturated rings. The lowest BCUT2D eigenvalue weighted by Crippen LogP contribution is -2.16. The molecule has 7 nitrogen and oxygen atoms in total. The zero-order valence-corrected chi connectivity index (χ0v) is 21.5. The highest BCUT2D eigenvalue weighted by Crippen LogP contribution is 2.33. The molecule has 9 heteroatoms. The summed E-state index contributed by atoms with van der Waals surface area (Å²) in [6.07, 6.45) is 11.0. The summed E-state index contributed by atoms with van der Waals surface area (Å²) in [5.74, 6) is 1.41. The average Bonchev–Trinajstić information content (AvgIpc) is 3.29. The smallest absolute Gasteiger partial charge is 0.124 e. The lowest BCUT2D eigenvalue weighted by molar-refractivity contribution is 0.0639. The van der Waals surface area contributed by atoms with Gasteiger partial charge in [-0.15, -0.1) is 0 Å². The molecule has 186 valence electrons. The topological polar surface area (TPSA) is 85.8 Å². The predicted octanol–water partition coefficient (Wildman–Crippen LogP) is 6.72. The first-order chi connectivity index (χ1) is 17.6. The second kappa shape index (κ2) is 11.4. The van der Waals surface area contributed by atoms with E-state index in [4.69, 9.17) is 32.7 Å². The monoisotopic (exact) mass is 523 g/mol. The zero-order valence-electron chi connectivity index (χ0n) is 20.0. The summed E-state index contributed by atoms with van der Waals surface area (Å²) >= 11 is 12.6. The Kier molecular flexibility index (Phi) is 7.80. The fraction of sp³-hybridized carbons (Fsp3) is 0.333. The van der Waals surface area contributed by atoms with Crippen molar-refractivity contribution in [1.29, 1.82) is 0 Å². The van der Waals surface area contributed by atoms with Gasteiger partial charge in [0.05, 0.1) is 32.6 Å².